The first-order valence-corrected chi connectivity index (χ1v) is 13.7. The Kier molecular flexibility index (Phi) is 4.50. The van der Waals surface area contributed by atoms with E-state index >= 15 is 0 Å². The fourth-order valence-electron chi connectivity index (χ4n) is 8.59. The summed E-state index contributed by atoms with van der Waals surface area (Å²) in [6, 6.07) is 11.1. The van der Waals surface area contributed by atoms with Gasteiger partial charge in [-0.1, -0.05) is 18.2 Å². The number of benzene rings is 3. The number of hydrogen-bond acceptors (Lipinski definition) is 9. The van der Waals surface area contributed by atoms with Crippen LogP contribution in [0.15, 0.2) is 48.0 Å². The smallest absolute Gasteiger partial charge is 0.253 e. The van der Waals surface area contributed by atoms with Crippen molar-refractivity contribution < 1.29 is 43.9 Å². The summed E-state index contributed by atoms with van der Waals surface area (Å²) in [6.07, 6.45) is -0.984. The van der Waals surface area contributed by atoms with Gasteiger partial charge in [0, 0.05) is 34.6 Å². The molecule has 3 N–H and O–H groups in total. The summed E-state index contributed by atoms with van der Waals surface area (Å²) < 4.78 is 18.9. The van der Waals surface area contributed by atoms with Gasteiger partial charge in [-0.3, -0.25) is 14.4 Å². The second kappa shape index (κ2) is 7.48. The lowest BCUT2D eigenvalue weighted by Crippen LogP contribution is -2.62. The maximum absolute atomic E-state index is 14.3. The van der Waals surface area contributed by atoms with Gasteiger partial charge in [-0.05, 0) is 50.6 Å². The SMILES string of the molecule is COc1cc(C)cc2c1C(=O)c1c(ccc3c1OC14OC(C)C5C(C)(O)CC(=O)C(=C(O)c6c(O)cccc61)C354)C2=O. The number of ether oxygens (including phenoxy) is 3. The number of aliphatic hydroxyl groups excluding tert-OH is 1. The van der Waals surface area contributed by atoms with Crippen LogP contribution < -0.4 is 9.47 Å². The van der Waals surface area contributed by atoms with Gasteiger partial charge in [-0.25, -0.2) is 0 Å². The first-order chi connectivity index (χ1) is 19.9. The maximum atomic E-state index is 14.3. The average Bonchev–Trinajstić information content (AvgIpc) is 3.35. The summed E-state index contributed by atoms with van der Waals surface area (Å²) in [5.41, 5.74) is -1.49. The Hall–Kier alpha value is -4.47. The number of aliphatic hydroxyl groups is 2. The van der Waals surface area contributed by atoms with Crippen LogP contribution in [0.1, 0.15) is 74.4 Å². The minimum absolute atomic E-state index is 0.00888. The zero-order valence-corrected chi connectivity index (χ0v) is 23.2. The monoisotopic (exact) mass is 566 g/mol. The van der Waals surface area contributed by atoms with E-state index in [0.29, 0.717) is 5.56 Å². The van der Waals surface area contributed by atoms with Gasteiger partial charge in [0.25, 0.3) is 5.79 Å². The molecule has 1 saturated heterocycles. The van der Waals surface area contributed by atoms with Gasteiger partial charge in [0.2, 0.25) is 5.78 Å². The second-order valence-electron chi connectivity index (χ2n) is 12.1. The Morgan fingerprint density at radius 3 is 2.45 bits per heavy atom. The molecule has 1 spiro atoms. The molecular weight excluding hydrogens is 540 g/mol. The van der Waals surface area contributed by atoms with Crippen molar-refractivity contribution in [3.8, 4) is 17.2 Å². The molecule has 212 valence electrons. The number of methoxy groups -OCH3 is 1. The lowest BCUT2D eigenvalue weighted by Gasteiger charge is -2.52. The molecule has 1 saturated carbocycles. The van der Waals surface area contributed by atoms with E-state index in [9.17, 15) is 29.7 Å². The number of hydrogen-bond donors (Lipinski definition) is 3. The van der Waals surface area contributed by atoms with Gasteiger partial charge in [-0.15, -0.1) is 0 Å². The number of phenolic OH excluding ortho intramolecular Hbond substituents is 1. The molecule has 5 unspecified atom stereocenters. The fourth-order valence-corrected chi connectivity index (χ4v) is 8.59. The van der Waals surface area contributed by atoms with Crippen molar-refractivity contribution >= 4 is 23.1 Å². The van der Waals surface area contributed by atoms with E-state index in [1.54, 1.807) is 51.1 Å². The van der Waals surface area contributed by atoms with E-state index in [-0.39, 0.29) is 68.4 Å². The molecule has 5 atom stereocenters. The summed E-state index contributed by atoms with van der Waals surface area (Å²) in [4.78, 5) is 42.1. The van der Waals surface area contributed by atoms with Crippen molar-refractivity contribution in [2.75, 3.05) is 7.11 Å². The van der Waals surface area contributed by atoms with Crippen LogP contribution in [0, 0.1) is 12.8 Å². The normalized spacial score (nSPS) is 31.5. The van der Waals surface area contributed by atoms with Gasteiger partial charge >= 0.3 is 0 Å². The van der Waals surface area contributed by atoms with Crippen molar-refractivity contribution in [1.29, 1.82) is 0 Å². The molecule has 0 bridgehead atoms. The standard InChI is InChI=1S/C33H26O9/c1-13-10-16-22(21(11-13)40-4)27(37)23-15(26(16)36)8-9-18-29(23)42-33-17-6-5-7-19(34)24(17)28(38)25-20(35)12-31(3,39)30(14(2)41-33)32(18,25)33/h5-11,14,30,34,38-39H,12H2,1-4H3. The number of carbonyl (C=O) groups is 3. The summed E-state index contributed by atoms with van der Waals surface area (Å²) in [5, 5.41) is 34.4. The number of ketones is 3. The van der Waals surface area contributed by atoms with E-state index in [0.717, 1.165) is 5.56 Å². The maximum Gasteiger partial charge on any atom is 0.253 e. The molecule has 3 aliphatic carbocycles. The Morgan fingerprint density at radius 2 is 1.71 bits per heavy atom. The molecule has 8 rings (SSSR count). The Balaban J connectivity index is 1.51. The van der Waals surface area contributed by atoms with E-state index in [1.165, 1.54) is 19.2 Å². The topological polar surface area (TPSA) is 140 Å². The molecule has 5 aliphatic rings. The number of aryl methyl sites for hydroxylation is 1. The summed E-state index contributed by atoms with van der Waals surface area (Å²) >= 11 is 0. The number of carbonyl (C=O) groups excluding carboxylic acids is 3. The van der Waals surface area contributed by atoms with E-state index in [4.69, 9.17) is 14.2 Å². The van der Waals surface area contributed by atoms with Crippen molar-refractivity contribution in [3.63, 3.8) is 0 Å². The quantitative estimate of drug-likeness (QED) is 0.312. The van der Waals surface area contributed by atoms with Gasteiger partial charge < -0.3 is 29.5 Å². The number of fused-ring (bicyclic) bond motifs is 5. The molecule has 2 heterocycles. The average molecular weight is 567 g/mol. The van der Waals surface area contributed by atoms with E-state index < -0.39 is 46.2 Å². The van der Waals surface area contributed by atoms with Crippen LogP contribution in [-0.2, 0) is 20.7 Å². The van der Waals surface area contributed by atoms with Gasteiger partial charge in [-0.2, -0.15) is 0 Å². The van der Waals surface area contributed by atoms with Crippen molar-refractivity contribution in [3.05, 3.63) is 92.5 Å². The first kappa shape index (κ1) is 25.3. The Bertz CT molecular complexity index is 1900. The zero-order chi connectivity index (χ0) is 29.7. The minimum Gasteiger partial charge on any atom is -0.507 e. The molecule has 9 heteroatoms. The number of phenols is 1. The van der Waals surface area contributed by atoms with Gasteiger partial charge in [0.15, 0.2) is 11.6 Å². The molecular formula is C33H26O9. The number of aromatic hydroxyl groups is 1. The zero-order valence-electron chi connectivity index (χ0n) is 23.2. The summed E-state index contributed by atoms with van der Waals surface area (Å²) in [5.74, 6) is -4.52. The van der Waals surface area contributed by atoms with Crippen LogP contribution >= 0.6 is 0 Å². The van der Waals surface area contributed by atoms with Crippen LogP contribution in [0.25, 0.3) is 5.76 Å². The molecule has 0 radical (unpaired) electrons. The molecule has 2 fully saturated rings. The molecule has 0 amide bonds. The largest absolute Gasteiger partial charge is 0.507 e. The molecule has 9 nitrogen and oxygen atoms in total. The van der Waals surface area contributed by atoms with Gasteiger partial charge in [0.1, 0.15) is 28.4 Å². The number of Topliss-reactive ketones (excluding diaryl/α,β-unsaturated/α-hetero) is 1. The van der Waals surface area contributed by atoms with Crippen molar-refractivity contribution in [1.82, 2.24) is 0 Å². The second-order valence-corrected chi connectivity index (χ2v) is 12.1. The highest BCUT2D eigenvalue weighted by molar-refractivity contribution is 6.30. The highest BCUT2D eigenvalue weighted by Crippen LogP contribution is 2.74. The predicted molar refractivity (Wildman–Crippen MR) is 147 cm³/mol. The van der Waals surface area contributed by atoms with Crippen LogP contribution in [0.2, 0.25) is 0 Å². The molecule has 3 aromatic carbocycles. The molecule has 2 aliphatic heterocycles. The summed E-state index contributed by atoms with van der Waals surface area (Å²) in [7, 11) is 1.42. The lowest BCUT2D eigenvalue weighted by atomic mass is 9.49. The summed E-state index contributed by atoms with van der Waals surface area (Å²) in [6.45, 7) is 5.12. The number of rotatable bonds is 1. The molecule has 42 heavy (non-hydrogen) atoms. The Morgan fingerprint density at radius 1 is 0.952 bits per heavy atom. The van der Waals surface area contributed by atoms with Crippen LogP contribution in [0.3, 0.4) is 0 Å². The van der Waals surface area contributed by atoms with Crippen LogP contribution in [0.5, 0.6) is 17.2 Å². The third kappa shape index (κ3) is 2.49. The first-order valence-electron chi connectivity index (χ1n) is 13.7. The highest BCUT2D eigenvalue weighted by Gasteiger charge is 2.81. The van der Waals surface area contributed by atoms with Crippen LogP contribution in [0.4, 0.5) is 0 Å². The molecule has 3 aromatic rings. The fraction of sp³-hybridized carbons (Fsp3) is 0.303. The van der Waals surface area contributed by atoms with Gasteiger partial charge in [0.05, 0.1) is 41.1 Å². The van der Waals surface area contributed by atoms with Crippen molar-refractivity contribution in [2.24, 2.45) is 5.92 Å². The molecule has 0 aromatic heterocycles. The van der Waals surface area contributed by atoms with E-state index in [1.807, 2.05) is 0 Å². The van der Waals surface area contributed by atoms with Crippen molar-refractivity contribution in [2.45, 2.75) is 50.1 Å². The van der Waals surface area contributed by atoms with Crippen LogP contribution in [-0.4, -0.2) is 51.5 Å². The third-order valence-electron chi connectivity index (χ3n) is 9.78. The predicted octanol–water partition coefficient (Wildman–Crippen LogP) is 4.01. The third-order valence-corrected chi connectivity index (χ3v) is 9.78. The van der Waals surface area contributed by atoms with E-state index in [2.05, 4.69) is 0 Å². The lowest BCUT2D eigenvalue weighted by molar-refractivity contribution is -0.190. The minimum atomic E-state index is -1.84. The Labute approximate surface area is 240 Å². The highest BCUT2D eigenvalue weighted by atomic mass is 16.7.